The van der Waals surface area contributed by atoms with Crippen LogP contribution in [0.3, 0.4) is 0 Å². The molecule has 0 radical (unpaired) electrons. The lowest BCUT2D eigenvalue weighted by Gasteiger charge is -2.54. The van der Waals surface area contributed by atoms with Gasteiger partial charge >= 0.3 is 0 Å². The molecule has 0 bridgehead atoms. The molecular weight excluding hydrogens is 609 g/mol. The van der Waals surface area contributed by atoms with Crippen molar-refractivity contribution < 1.29 is 19.4 Å². The van der Waals surface area contributed by atoms with E-state index in [9.17, 15) is 15.0 Å². The number of aliphatic hydroxyl groups is 1. The first kappa shape index (κ1) is 33.8. The van der Waals surface area contributed by atoms with Crippen LogP contribution in [0.4, 0.5) is 10.1 Å². The quantitative estimate of drug-likeness (QED) is 0.157. The number of carbonyl (C=O) groups is 1. The lowest BCUT2D eigenvalue weighted by molar-refractivity contribution is -0.116. The van der Waals surface area contributed by atoms with Crippen LogP contribution in [0.2, 0.25) is 0 Å². The number of alkyl halides is 1. The van der Waals surface area contributed by atoms with Crippen LogP contribution >= 0.6 is 0 Å². The molecule has 1 amide bonds. The fourth-order valence-electron chi connectivity index (χ4n) is 10.3. The molecule has 0 aliphatic heterocycles. The van der Waals surface area contributed by atoms with Crippen molar-refractivity contribution in [3.63, 3.8) is 0 Å². The number of hydrogen-bond donors (Lipinski definition) is 2. The average Bonchev–Trinajstić information content (AvgIpc) is 3.39. The molecule has 0 saturated heterocycles. The summed E-state index contributed by atoms with van der Waals surface area (Å²) in [4.78, 5) is 15.0. The second kappa shape index (κ2) is 14.3. The predicted molar refractivity (Wildman–Crippen MR) is 197 cm³/mol. The molecule has 2 fully saturated rings. The van der Waals surface area contributed by atoms with Crippen LogP contribution in [-0.4, -0.2) is 34.9 Å². The molecule has 2 N–H and O–H groups in total. The summed E-state index contributed by atoms with van der Waals surface area (Å²) in [6, 6.07) is 28.8. The fraction of sp³-hybridized carbons (Fsp3) is 0.477. The monoisotopic (exact) mass is 661 g/mol. The topological polar surface area (TPSA) is 60.8 Å². The molecule has 7 rings (SSSR count). The van der Waals surface area contributed by atoms with Crippen LogP contribution in [0.5, 0.6) is 5.75 Å². The van der Waals surface area contributed by atoms with E-state index in [-0.39, 0.29) is 28.9 Å². The van der Waals surface area contributed by atoms with E-state index in [4.69, 9.17) is 0 Å². The molecule has 7 atom stereocenters. The first-order chi connectivity index (χ1) is 23.7. The Hall–Kier alpha value is -3.70. The molecule has 5 heteroatoms. The highest BCUT2D eigenvalue weighted by Gasteiger charge is 2.59. The van der Waals surface area contributed by atoms with E-state index in [0.717, 1.165) is 81.0 Å². The second-order valence-electron chi connectivity index (χ2n) is 15.5. The first-order valence-corrected chi connectivity index (χ1v) is 18.7. The van der Waals surface area contributed by atoms with Crippen molar-refractivity contribution in [3.05, 3.63) is 107 Å². The van der Waals surface area contributed by atoms with Gasteiger partial charge in [0.1, 0.15) is 11.9 Å². The Morgan fingerprint density at radius 1 is 0.918 bits per heavy atom. The first-order valence-electron chi connectivity index (χ1n) is 18.7. The van der Waals surface area contributed by atoms with E-state index in [2.05, 4.69) is 67.6 Å². The number of anilines is 1. The maximum atomic E-state index is 16.2. The summed E-state index contributed by atoms with van der Waals surface area (Å²) in [6.45, 7) is 4.49. The molecule has 4 aromatic carbocycles. The van der Waals surface area contributed by atoms with Crippen molar-refractivity contribution in [2.75, 3.05) is 11.4 Å². The lowest BCUT2D eigenvalue weighted by Crippen LogP contribution is -2.51. The van der Waals surface area contributed by atoms with Crippen LogP contribution in [0.1, 0.15) is 93.4 Å². The normalized spacial score (nSPS) is 27.3. The van der Waals surface area contributed by atoms with E-state index < -0.39 is 12.3 Å². The number of aryl methyl sites for hydroxylation is 2. The lowest BCUT2D eigenvalue weighted by atomic mass is 9.51. The maximum absolute atomic E-state index is 16.2. The number of carbonyl (C=O) groups excluding carboxylic acids is 1. The van der Waals surface area contributed by atoms with Gasteiger partial charge in [-0.15, -0.1) is 0 Å². The van der Waals surface area contributed by atoms with Crippen LogP contribution < -0.4 is 4.90 Å². The molecule has 0 spiro atoms. The van der Waals surface area contributed by atoms with Gasteiger partial charge in [-0.25, -0.2) is 4.39 Å². The number of benzene rings is 4. The third-order valence-corrected chi connectivity index (χ3v) is 12.7. The second-order valence-corrected chi connectivity index (χ2v) is 15.5. The molecule has 4 nitrogen and oxygen atoms in total. The van der Waals surface area contributed by atoms with Crippen LogP contribution in [0.15, 0.2) is 84.9 Å². The van der Waals surface area contributed by atoms with Crippen molar-refractivity contribution in [1.29, 1.82) is 0 Å². The Morgan fingerprint density at radius 3 is 2.53 bits per heavy atom. The van der Waals surface area contributed by atoms with E-state index in [1.807, 2.05) is 23.1 Å². The number of hydrogen-bond acceptors (Lipinski definition) is 3. The molecule has 0 unspecified atom stereocenters. The molecule has 2 saturated carbocycles. The number of rotatable bonds is 11. The van der Waals surface area contributed by atoms with Crippen LogP contribution in [0.25, 0.3) is 10.8 Å². The van der Waals surface area contributed by atoms with Crippen molar-refractivity contribution >= 4 is 22.4 Å². The number of unbranched alkanes of at least 4 members (excludes halogenated alkanes) is 2. The predicted octanol–water partition coefficient (Wildman–Crippen LogP) is 9.73. The van der Waals surface area contributed by atoms with E-state index in [0.29, 0.717) is 24.8 Å². The minimum atomic E-state index is -0.980. The summed E-state index contributed by atoms with van der Waals surface area (Å²) in [5, 5.41) is 23.8. The summed E-state index contributed by atoms with van der Waals surface area (Å²) >= 11 is 0. The van der Waals surface area contributed by atoms with Gasteiger partial charge in [0, 0.05) is 25.1 Å². The molecule has 3 aliphatic carbocycles. The van der Waals surface area contributed by atoms with Crippen LogP contribution in [-0.2, 0) is 24.1 Å². The summed E-state index contributed by atoms with van der Waals surface area (Å²) in [5.41, 5.74) is 5.39. The summed E-state index contributed by atoms with van der Waals surface area (Å²) in [7, 11) is 0. The zero-order valence-electron chi connectivity index (χ0n) is 29.2. The number of phenols is 1. The van der Waals surface area contributed by atoms with Crippen molar-refractivity contribution in [2.45, 2.75) is 103 Å². The van der Waals surface area contributed by atoms with Gasteiger partial charge in [-0.3, -0.25) is 4.79 Å². The number of aromatic hydroxyl groups is 1. The molecule has 3 aliphatic rings. The number of amides is 1. The number of nitrogens with zero attached hydrogens (tertiary/aromatic N) is 1. The highest BCUT2D eigenvalue weighted by molar-refractivity contribution is 5.98. The van der Waals surface area contributed by atoms with E-state index in [1.165, 1.54) is 21.9 Å². The number of halogens is 1. The third-order valence-electron chi connectivity index (χ3n) is 12.7. The largest absolute Gasteiger partial charge is 0.508 e. The van der Waals surface area contributed by atoms with Gasteiger partial charge in [0.2, 0.25) is 5.91 Å². The Kier molecular flexibility index (Phi) is 9.84. The highest BCUT2D eigenvalue weighted by atomic mass is 19.1. The zero-order valence-corrected chi connectivity index (χ0v) is 29.2. The third kappa shape index (κ3) is 6.64. The fourth-order valence-corrected chi connectivity index (χ4v) is 10.3. The SMILES string of the molecule is CC(=O)N(CCCc1ccccc1)c1ccc2ccccc2c1CCCCC[C@@H]1Cc2cc(O)ccc2[C@@H]2[C@@H]1[C@@H]1CC[C@H](O)[C@@]1(C)C[C@@H]2F. The van der Waals surface area contributed by atoms with Gasteiger partial charge in [0.25, 0.3) is 0 Å². The minimum absolute atomic E-state index is 0.0745. The van der Waals surface area contributed by atoms with Crippen molar-refractivity contribution in [3.8, 4) is 5.75 Å². The Balaban J connectivity index is 1.06. The van der Waals surface area contributed by atoms with Gasteiger partial charge in [0.05, 0.1) is 6.10 Å². The molecule has 258 valence electrons. The van der Waals surface area contributed by atoms with Gasteiger partial charge in [-0.1, -0.05) is 86.5 Å². The van der Waals surface area contributed by atoms with Gasteiger partial charge in [-0.05, 0) is 132 Å². The molecular formula is C44H52FNO3. The summed E-state index contributed by atoms with van der Waals surface area (Å²) < 4.78 is 16.2. The average molecular weight is 662 g/mol. The Labute approximate surface area is 291 Å². The summed E-state index contributed by atoms with van der Waals surface area (Å²) in [6.07, 6.45) is 8.49. The Bertz CT molecular complexity index is 1770. The smallest absolute Gasteiger partial charge is 0.223 e. The van der Waals surface area contributed by atoms with Crippen molar-refractivity contribution in [2.24, 2.45) is 23.2 Å². The molecule has 0 heterocycles. The molecule has 4 aromatic rings. The van der Waals surface area contributed by atoms with Gasteiger partial charge in [0.15, 0.2) is 0 Å². The number of aliphatic hydroxyl groups excluding tert-OH is 1. The zero-order chi connectivity index (χ0) is 34.1. The maximum Gasteiger partial charge on any atom is 0.223 e. The Morgan fingerprint density at radius 2 is 1.71 bits per heavy atom. The van der Waals surface area contributed by atoms with E-state index >= 15 is 4.39 Å². The summed E-state index contributed by atoms with van der Waals surface area (Å²) in [5.74, 6) is 1.05. The number of phenolic OH excluding ortho intramolecular Hbond substituents is 1. The highest BCUT2D eigenvalue weighted by Crippen LogP contribution is 2.63. The van der Waals surface area contributed by atoms with Crippen LogP contribution in [0, 0.1) is 23.2 Å². The molecule has 49 heavy (non-hydrogen) atoms. The van der Waals surface area contributed by atoms with Gasteiger partial charge < -0.3 is 15.1 Å². The van der Waals surface area contributed by atoms with Gasteiger partial charge in [-0.2, -0.15) is 0 Å². The minimum Gasteiger partial charge on any atom is -0.508 e. The molecule has 0 aromatic heterocycles. The number of fused-ring (bicyclic) bond motifs is 6. The standard InChI is InChI=1S/C44H52FNO3/c1-29(47)46(25-11-14-30-12-5-3-6-13-30)40-23-19-31-15-9-10-17-35(31)37(40)18-8-4-7-16-32-26-33-27-34(48)20-21-36(33)43-39(45)28-44(2)38(42(32)43)22-24-41(44)49/h3,5-6,9-10,12-13,15,17,19-21,23,27,32,38-39,41-43,48-49H,4,7-8,11,14,16,18,22,24-26,28H2,1-2H3/t32-,38+,39+,41+,42+,43+,44+/m1/s1. The van der Waals surface area contributed by atoms with Crippen molar-refractivity contribution in [1.82, 2.24) is 0 Å². The van der Waals surface area contributed by atoms with E-state index in [1.54, 1.807) is 13.0 Å².